The summed E-state index contributed by atoms with van der Waals surface area (Å²) >= 11 is 5.14. The average Bonchev–Trinajstić information content (AvgIpc) is 3.19. The minimum Gasteiger partial charge on any atom is -0.379 e. The van der Waals surface area contributed by atoms with E-state index in [0.29, 0.717) is 92.4 Å². The Bertz CT molecular complexity index is 1240. The van der Waals surface area contributed by atoms with Crippen molar-refractivity contribution in [3.05, 3.63) is 129 Å². The maximum absolute atomic E-state index is 9.96. The highest BCUT2D eigenvalue weighted by molar-refractivity contribution is 9.09. The van der Waals surface area contributed by atoms with E-state index in [0.717, 1.165) is 11.1 Å². The second-order valence-corrected chi connectivity index (χ2v) is 12.0. The van der Waals surface area contributed by atoms with Crippen molar-refractivity contribution in [2.45, 2.75) is 4.75 Å². The minimum absolute atomic E-state index is 0.323. The molecular formula is C36H50BrFN6O6S. The van der Waals surface area contributed by atoms with Crippen LogP contribution in [-0.2, 0) is 33.2 Å². The van der Waals surface area contributed by atoms with Crippen molar-refractivity contribution in [1.29, 1.82) is 0 Å². The Morgan fingerprint density at radius 2 is 0.902 bits per heavy atom. The van der Waals surface area contributed by atoms with E-state index in [9.17, 15) is 4.39 Å². The lowest BCUT2D eigenvalue weighted by Crippen LogP contribution is -2.26. The van der Waals surface area contributed by atoms with Gasteiger partial charge in [0.1, 0.15) is 0 Å². The molecule has 12 nitrogen and oxygen atoms in total. The molecule has 0 aliphatic carbocycles. The molecule has 51 heavy (non-hydrogen) atoms. The number of hydrogen-bond donors (Lipinski definition) is 0. The summed E-state index contributed by atoms with van der Waals surface area (Å²) in [6.07, 6.45) is 0. The summed E-state index contributed by atoms with van der Waals surface area (Å²) in [4.78, 5) is 5.29. The van der Waals surface area contributed by atoms with Crippen molar-refractivity contribution in [1.82, 2.24) is 0 Å². The Labute approximate surface area is 315 Å². The highest BCUT2D eigenvalue weighted by Crippen LogP contribution is 2.48. The molecule has 0 unspecified atom stereocenters. The fourth-order valence-electron chi connectivity index (χ4n) is 4.46. The van der Waals surface area contributed by atoms with Gasteiger partial charge in [-0.2, -0.15) is 0 Å². The molecule has 0 fully saturated rings. The molecular weight excluding hydrogens is 743 g/mol. The molecule has 0 N–H and O–H groups in total. The van der Waals surface area contributed by atoms with Gasteiger partial charge in [-0.05, 0) is 27.8 Å². The van der Waals surface area contributed by atoms with Crippen molar-refractivity contribution < 1.29 is 34.2 Å². The molecule has 280 valence electrons. The van der Waals surface area contributed by atoms with Crippen LogP contribution in [0.2, 0.25) is 0 Å². The summed E-state index contributed by atoms with van der Waals surface area (Å²) in [5.41, 5.74) is 19.9. The lowest BCUT2D eigenvalue weighted by Gasteiger charge is -2.35. The molecule has 0 heterocycles. The SMILES string of the molecule is [2H]CF.[N-]=[N+]=NCCOCCOCCOCCBr.[N-]=[N+]=NCCOCCOCCOCCSC(c1ccccc1)(c1ccccc1)c1ccccc1. The van der Waals surface area contributed by atoms with Crippen LogP contribution < -0.4 is 0 Å². The third kappa shape index (κ3) is 21.0. The predicted octanol–water partition coefficient (Wildman–Crippen LogP) is 8.40. The van der Waals surface area contributed by atoms with Crippen LogP contribution in [0.4, 0.5) is 4.39 Å². The van der Waals surface area contributed by atoms with Gasteiger partial charge in [-0.3, -0.25) is 4.39 Å². The highest BCUT2D eigenvalue weighted by Gasteiger charge is 2.36. The van der Waals surface area contributed by atoms with Crippen molar-refractivity contribution >= 4 is 27.7 Å². The fourth-order valence-corrected chi connectivity index (χ4v) is 6.11. The molecule has 0 spiro atoms. The number of halogens is 2. The third-order valence-electron chi connectivity index (χ3n) is 6.59. The van der Waals surface area contributed by atoms with Gasteiger partial charge in [0, 0.05) is 34.0 Å². The molecule has 3 rings (SSSR count). The summed E-state index contributed by atoms with van der Waals surface area (Å²) in [5.74, 6) is 0.835. The second-order valence-electron chi connectivity index (χ2n) is 9.90. The molecule has 0 aliphatic rings. The maximum Gasteiger partial charge on any atom is 0.0907 e. The smallest absolute Gasteiger partial charge is 0.0907 e. The van der Waals surface area contributed by atoms with E-state index in [-0.39, 0.29) is 4.75 Å². The number of hydrogen-bond acceptors (Lipinski definition) is 9. The Kier molecular flexibility index (Phi) is 29.2. The zero-order chi connectivity index (χ0) is 37.6. The first-order valence-corrected chi connectivity index (χ1v) is 18.5. The molecule has 0 aromatic heterocycles. The van der Waals surface area contributed by atoms with Crippen LogP contribution in [0.1, 0.15) is 18.1 Å². The molecule has 15 heteroatoms. The lowest BCUT2D eigenvalue weighted by atomic mass is 9.84. The molecule has 0 atom stereocenters. The van der Waals surface area contributed by atoms with E-state index in [2.05, 4.69) is 127 Å². The van der Waals surface area contributed by atoms with Crippen LogP contribution in [0, 0.1) is 0 Å². The number of ether oxygens (including phenoxy) is 6. The Morgan fingerprint density at radius 1 is 0.588 bits per heavy atom. The fraction of sp³-hybridized carbons (Fsp3) is 0.500. The summed E-state index contributed by atoms with van der Waals surface area (Å²) in [7, 11) is -1.00. The van der Waals surface area contributed by atoms with Gasteiger partial charge < -0.3 is 28.4 Å². The van der Waals surface area contributed by atoms with Gasteiger partial charge >= 0.3 is 0 Å². The molecule has 0 radical (unpaired) electrons. The molecule has 0 saturated heterocycles. The monoisotopic (exact) mass is 793 g/mol. The number of thioether (sulfide) groups is 1. The van der Waals surface area contributed by atoms with Gasteiger partial charge in [0.05, 0.1) is 92.6 Å². The molecule has 0 aliphatic heterocycles. The molecule has 0 amide bonds. The lowest BCUT2D eigenvalue weighted by molar-refractivity contribution is 0.0190. The normalized spacial score (nSPS) is 10.7. The number of alkyl halides is 2. The van der Waals surface area contributed by atoms with Crippen molar-refractivity contribution in [3.8, 4) is 0 Å². The summed E-state index contributed by atoms with van der Waals surface area (Å²) < 4.78 is 47.4. The summed E-state index contributed by atoms with van der Waals surface area (Å²) in [6, 6.07) is 32.0. The van der Waals surface area contributed by atoms with Crippen LogP contribution in [0.3, 0.4) is 0 Å². The standard InChI is InChI=1S/C27H31N3O3S.C8H16BrN3O3.CH3F/c28-30-29-16-17-31-18-19-32-20-21-33-22-23-34-27(24-10-4-1-5-11-24,25-12-6-2-7-13-25)26-14-8-3-9-15-26;9-1-3-13-5-7-15-8-6-14-4-2-11-12-10;1-2/h1-15H,16-23H2;1-8H2;1H3/i;;1D. The van der Waals surface area contributed by atoms with Gasteiger partial charge in [0.2, 0.25) is 0 Å². The molecule has 0 saturated carbocycles. The van der Waals surface area contributed by atoms with Crippen LogP contribution in [0.5, 0.6) is 0 Å². The van der Waals surface area contributed by atoms with Gasteiger partial charge in [-0.1, -0.05) is 117 Å². The number of azide groups is 2. The average molecular weight is 795 g/mol. The minimum atomic E-state index is -1.00. The zero-order valence-electron chi connectivity index (χ0n) is 30.0. The Morgan fingerprint density at radius 3 is 1.24 bits per heavy atom. The summed E-state index contributed by atoms with van der Waals surface area (Å²) in [5, 5.41) is 7.59. The maximum atomic E-state index is 9.96. The Balaban J connectivity index is 0.000000629. The third-order valence-corrected chi connectivity index (χ3v) is 8.43. The van der Waals surface area contributed by atoms with E-state index < -0.39 is 7.15 Å². The first-order chi connectivity index (χ1) is 25.7. The van der Waals surface area contributed by atoms with Crippen molar-refractivity contribution in [2.75, 3.05) is 111 Å². The molecule has 3 aromatic carbocycles. The van der Waals surface area contributed by atoms with E-state index in [1.807, 2.05) is 11.8 Å². The first-order valence-electron chi connectivity index (χ1n) is 17.1. The van der Waals surface area contributed by atoms with Crippen LogP contribution in [0.15, 0.2) is 101 Å². The van der Waals surface area contributed by atoms with Crippen molar-refractivity contribution in [3.63, 3.8) is 0 Å². The van der Waals surface area contributed by atoms with Gasteiger partial charge in [-0.25, -0.2) is 0 Å². The highest BCUT2D eigenvalue weighted by atomic mass is 79.9. The number of benzene rings is 3. The van der Waals surface area contributed by atoms with Crippen LogP contribution in [0.25, 0.3) is 20.9 Å². The van der Waals surface area contributed by atoms with E-state index in [1.54, 1.807) is 0 Å². The van der Waals surface area contributed by atoms with Gasteiger partial charge in [0.15, 0.2) is 0 Å². The van der Waals surface area contributed by atoms with E-state index >= 15 is 0 Å². The van der Waals surface area contributed by atoms with Crippen LogP contribution in [-0.4, -0.2) is 111 Å². The topological polar surface area (TPSA) is 153 Å². The Hall–Kier alpha value is -3.20. The van der Waals surface area contributed by atoms with Crippen molar-refractivity contribution in [2.24, 2.45) is 10.2 Å². The van der Waals surface area contributed by atoms with Crippen LogP contribution >= 0.6 is 27.7 Å². The first kappa shape index (κ1) is 44.0. The second kappa shape index (κ2) is 33.9. The van der Waals surface area contributed by atoms with Gasteiger partial charge in [0.25, 0.3) is 0 Å². The molecule has 0 bridgehead atoms. The zero-order valence-corrected chi connectivity index (χ0v) is 31.4. The number of nitrogens with zero attached hydrogens (tertiary/aromatic N) is 6. The summed E-state index contributed by atoms with van der Waals surface area (Å²) in [6.45, 7) is 7.14. The van der Waals surface area contributed by atoms with E-state index in [4.69, 9.17) is 40.9 Å². The van der Waals surface area contributed by atoms with Gasteiger partial charge in [-0.15, -0.1) is 11.8 Å². The predicted molar refractivity (Wildman–Crippen MR) is 205 cm³/mol. The molecule has 3 aromatic rings. The quantitative estimate of drug-likeness (QED) is 0.0188. The number of rotatable bonds is 27. The van der Waals surface area contributed by atoms with E-state index in [1.165, 1.54) is 16.7 Å². The largest absolute Gasteiger partial charge is 0.379 e.